The lowest BCUT2D eigenvalue weighted by molar-refractivity contribution is -0.892. The van der Waals surface area contributed by atoms with Crippen LogP contribution in [0.15, 0.2) is 54.6 Å². The fraction of sp³-hybridized carbons (Fsp3) is 0.409. The summed E-state index contributed by atoms with van der Waals surface area (Å²) in [6.07, 6.45) is 2.00. The van der Waals surface area contributed by atoms with Crippen LogP contribution in [0.5, 0.6) is 5.75 Å². The van der Waals surface area contributed by atoms with Gasteiger partial charge in [0.25, 0.3) is 5.91 Å². The minimum Gasteiger partial charge on any atom is -0.508 e. The lowest BCUT2D eigenvalue weighted by atomic mass is 10.0. The Hall–Kier alpha value is -2.53. The molecular weight excluding hydrogens is 338 g/mol. The van der Waals surface area contributed by atoms with E-state index in [-0.39, 0.29) is 11.9 Å². The second-order valence-electron chi connectivity index (χ2n) is 7.25. The molecule has 27 heavy (non-hydrogen) atoms. The van der Waals surface area contributed by atoms with Crippen LogP contribution in [0.25, 0.3) is 0 Å². The molecule has 0 saturated carbocycles. The number of quaternary nitrogens is 1. The molecule has 1 aliphatic rings. The number of benzene rings is 2. The molecule has 2 aromatic rings. The van der Waals surface area contributed by atoms with E-state index in [1.165, 1.54) is 10.5 Å². The average molecular weight is 369 g/mol. The molecule has 0 unspecified atom stereocenters. The first-order valence-electron chi connectivity index (χ1n) is 9.87. The van der Waals surface area contributed by atoms with Gasteiger partial charge in [0.15, 0.2) is 6.54 Å². The molecule has 5 nitrogen and oxygen atoms in total. The Morgan fingerprint density at radius 3 is 2.41 bits per heavy atom. The normalized spacial score (nSPS) is 16.1. The zero-order chi connectivity index (χ0) is 19.1. The summed E-state index contributed by atoms with van der Waals surface area (Å²) >= 11 is 0. The Morgan fingerprint density at radius 1 is 1.11 bits per heavy atom. The molecule has 1 fully saturated rings. The summed E-state index contributed by atoms with van der Waals surface area (Å²) in [5, 5.41) is 12.7. The smallest absolute Gasteiger partial charge is 0.275 e. The molecule has 3 N–H and O–H groups in total. The van der Waals surface area contributed by atoms with Crippen LogP contribution in [0.2, 0.25) is 0 Å². The van der Waals surface area contributed by atoms with Crippen LogP contribution in [0.4, 0.5) is 5.69 Å². The molecule has 0 aliphatic carbocycles. The van der Waals surface area contributed by atoms with Gasteiger partial charge in [-0.05, 0) is 36.2 Å². The fourth-order valence-electron chi connectivity index (χ4n) is 3.69. The van der Waals surface area contributed by atoms with Crippen molar-refractivity contribution in [3.63, 3.8) is 0 Å². The highest BCUT2D eigenvalue weighted by Gasteiger charge is 2.23. The van der Waals surface area contributed by atoms with Crippen LogP contribution in [0.3, 0.4) is 0 Å². The van der Waals surface area contributed by atoms with Gasteiger partial charge in [0.1, 0.15) is 5.75 Å². The van der Waals surface area contributed by atoms with Crippen molar-refractivity contribution in [1.29, 1.82) is 0 Å². The Labute approximate surface area is 161 Å². The molecule has 0 bridgehead atoms. The highest BCUT2D eigenvalue weighted by atomic mass is 16.3. The molecular formula is C22H30N3O2+. The highest BCUT2D eigenvalue weighted by Crippen LogP contribution is 2.19. The predicted octanol–water partition coefficient (Wildman–Crippen LogP) is 1.75. The van der Waals surface area contributed by atoms with Crippen molar-refractivity contribution in [3.05, 3.63) is 60.2 Å². The average Bonchev–Trinajstić information content (AvgIpc) is 2.70. The quantitative estimate of drug-likeness (QED) is 0.698. The van der Waals surface area contributed by atoms with E-state index in [2.05, 4.69) is 29.3 Å². The molecule has 1 heterocycles. The first kappa shape index (κ1) is 19.2. The van der Waals surface area contributed by atoms with Gasteiger partial charge in [0, 0.05) is 5.69 Å². The van der Waals surface area contributed by atoms with Crippen molar-refractivity contribution in [2.45, 2.75) is 25.8 Å². The molecule has 1 saturated heterocycles. The van der Waals surface area contributed by atoms with Crippen LogP contribution in [-0.2, 0) is 4.79 Å². The standard InChI is InChI=1S/C22H29N3O2/c1-2-6-21(18-7-4-3-5-8-18)23-22(27)17-24-13-15-25(16-14-24)19-9-11-20(26)12-10-19/h3-5,7-12,21,26H,2,6,13-17H2,1H3,(H,23,27)/p+1/t21-/m1/s1. The summed E-state index contributed by atoms with van der Waals surface area (Å²) in [4.78, 5) is 16.2. The van der Waals surface area contributed by atoms with Gasteiger partial charge < -0.3 is 20.2 Å². The largest absolute Gasteiger partial charge is 0.508 e. The third kappa shape index (κ3) is 5.47. The monoisotopic (exact) mass is 368 g/mol. The van der Waals surface area contributed by atoms with E-state index in [4.69, 9.17) is 0 Å². The van der Waals surface area contributed by atoms with Gasteiger partial charge in [0.2, 0.25) is 0 Å². The van der Waals surface area contributed by atoms with Gasteiger partial charge in [0.05, 0.1) is 32.2 Å². The van der Waals surface area contributed by atoms with Gasteiger partial charge >= 0.3 is 0 Å². The SMILES string of the molecule is CCC[C@@H](NC(=O)C[NH+]1CCN(c2ccc(O)cc2)CC1)c1ccccc1. The minimum atomic E-state index is 0.0985. The molecule has 3 rings (SSSR count). The minimum absolute atomic E-state index is 0.0985. The van der Waals surface area contributed by atoms with Crippen molar-refractivity contribution in [3.8, 4) is 5.75 Å². The summed E-state index contributed by atoms with van der Waals surface area (Å²) < 4.78 is 0. The summed E-state index contributed by atoms with van der Waals surface area (Å²) in [6.45, 7) is 6.40. The number of piperazine rings is 1. The topological polar surface area (TPSA) is 57.0 Å². The zero-order valence-corrected chi connectivity index (χ0v) is 16.0. The van der Waals surface area contributed by atoms with E-state index in [1.807, 2.05) is 30.3 Å². The number of rotatable bonds is 7. The highest BCUT2D eigenvalue weighted by molar-refractivity contribution is 5.77. The number of aromatic hydroxyl groups is 1. The van der Waals surface area contributed by atoms with Gasteiger partial charge in [-0.1, -0.05) is 43.7 Å². The zero-order valence-electron chi connectivity index (χ0n) is 16.0. The number of anilines is 1. The molecule has 0 radical (unpaired) electrons. The van der Waals surface area contributed by atoms with Crippen LogP contribution in [0, 0.1) is 0 Å². The lowest BCUT2D eigenvalue weighted by Crippen LogP contribution is -3.16. The maximum Gasteiger partial charge on any atom is 0.275 e. The van der Waals surface area contributed by atoms with Gasteiger partial charge in [-0.15, -0.1) is 0 Å². The van der Waals surface area contributed by atoms with Crippen LogP contribution in [0.1, 0.15) is 31.4 Å². The van der Waals surface area contributed by atoms with Crippen molar-refractivity contribution in [1.82, 2.24) is 5.32 Å². The Bertz CT molecular complexity index is 710. The van der Waals surface area contributed by atoms with Crippen LogP contribution in [-0.4, -0.2) is 43.7 Å². The summed E-state index contributed by atoms with van der Waals surface area (Å²) in [5.41, 5.74) is 2.31. The van der Waals surface area contributed by atoms with E-state index >= 15 is 0 Å². The molecule has 1 atom stereocenters. The van der Waals surface area contributed by atoms with Gasteiger partial charge in [-0.2, -0.15) is 0 Å². The predicted molar refractivity (Wildman–Crippen MR) is 108 cm³/mol. The first-order chi connectivity index (χ1) is 13.2. The molecule has 5 heteroatoms. The Balaban J connectivity index is 1.49. The first-order valence-corrected chi connectivity index (χ1v) is 9.87. The second kappa shape index (κ2) is 9.42. The number of hydrogen-bond donors (Lipinski definition) is 3. The third-order valence-corrected chi connectivity index (χ3v) is 5.21. The maximum absolute atomic E-state index is 12.6. The number of carbonyl (C=O) groups is 1. The number of nitrogens with zero attached hydrogens (tertiary/aromatic N) is 1. The maximum atomic E-state index is 12.6. The molecule has 1 amide bonds. The summed E-state index contributed by atoms with van der Waals surface area (Å²) in [5.74, 6) is 0.421. The molecule has 144 valence electrons. The van der Waals surface area contributed by atoms with E-state index in [1.54, 1.807) is 12.1 Å². The number of carbonyl (C=O) groups excluding carboxylic acids is 1. The molecule has 0 spiro atoms. The number of nitrogens with one attached hydrogen (secondary N) is 2. The summed E-state index contributed by atoms with van der Waals surface area (Å²) in [6, 6.07) is 17.7. The number of phenolic OH excluding ortho intramolecular Hbond substituents is 1. The van der Waals surface area contributed by atoms with Crippen molar-refractivity contribution in [2.75, 3.05) is 37.6 Å². The van der Waals surface area contributed by atoms with Gasteiger partial charge in [-0.3, -0.25) is 4.79 Å². The van der Waals surface area contributed by atoms with Crippen molar-refractivity contribution in [2.24, 2.45) is 0 Å². The lowest BCUT2D eigenvalue weighted by Gasteiger charge is -2.33. The summed E-state index contributed by atoms with van der Waals surface area (Å²) in [7, 11) is 0. The van der Waals surface area contributed by atoms with Crippen molar-refractivity contribution >= 4 is 11.6 Å². The van der Waals surface area contributed by atoms with Crippen LogP contribution >= 0.6 is 0 Å². The van der Waals surface area contributed by atoms with Crippen molar-refractivity contribution < 1.29 is 14.8 Å². The fourth-order valence-corrected chi connectivity index (χ4v) is 3.69. The molecule has 2 aromatic carbocycles. The van der Waals surface area contributed by atoms with E-state index in [9.17, 15) is 9.90 Å². The second-order valence-corrected chi connectivity index (χ2v) is 7.25. The Morgan fingerprint density at radius 2 is 1.78 bits per heavy atom. The molecule has 0 aromatic heterocycles. The molecule has 1 aliphatic heterocycles. The Kier molecular flexibility index (Phi) is 6.71. The van der Waals surface area contributed by atoms with E-state index in [0.717, 1.165) is 44.7 Å². The van der Waals surface area contributed by atoms with E-state index in [0.29, 0.717) is 12.3 Å². The number of hydrogen-bond acceptors (Lipinski definition) is 3. The van der Waals surface area contributed by atoms with Gasteiger partial charge in [-0.25, -0.2) is 0 Å². The number of phenols is 1. The van der Waals surface area contributed by atoms with E-state index < -0.39 is 0 Å². The number of amides is 1. The third-order valence-electron chi connectivity index (χ3n) is 5.21. The van der Waals surface area contributed by atoms with Crippen LogP contribution < -0.4 is 15.1 Å².